The van der Waals surface area contributed by atoms with E-state index in [0.29, 0.717) is 12.5 Å². The molecule has 7 nitrogen and oxygen atoms in total. The second-order valence-corrected chi connectivity index (χ2v) is 5.88. The quantitative estimate of drug-likeness (QED) is 0.360. The molecule has 0 saturated carbocycles. The lowest BCUT2D eigenvalue weighted by molar-refractivity contribution is 0.380. The van der Waals surface area contributed by atoms with Gasteiger partial charge in [-0.3, -0.25) is 9.67 Å². The maximum atomic E-state index is 5.40. The smallest absolute Gasteiger partial charge is 0.191 e. The Labute approximate surface area is 166 Å². The largest absolute Gasteiger partial charge is 0.361 e. The summed E-state index contributed by atoms with van der Waals surface area (Å²) in [6.45, 7) is 8.72. The number of aryl methyl sites for hydroxylation is 2. The Morgan fingerprint density at radius 3 is 2.72 bits per heavy atom. The van der Waals surface area contributed by atoms with E-state index >= 15 is 0 Å². The van der Waals surface area contributed by atoms with E-state index in [1.165, 1.54) is 0 Å². The number of nitrogens with zero attached hydrogens (tertiary/aromatic N) is 4. The molecule has 2 heterocycles. The first-order chi connectivity index (χ1) is 11.7. The molecule has 2 N–H and O–H groups in total. The topological polar surface area (TPSA) is 80.3 Å². The summed E-state index contributed by atoms with van der Waals surface area (Å²) in [5, 5.41) is 15.1. The number of guanidine groups is 1. The highest BCUT2D eigenvalue weighted by Gasteiger charge is 2.13. The Balaban J connectivity index is 0.00000312. The summed E-state index contributed by atoms with van der Waals surface area (Å²) in [6.07, 6.45) is 5.49. The van der Waals surface area contributed by atoms with E-state index in [2.05, 4.69) is 46.7 Å². The highest BCUT2D eigenvalue weighted by Crippen LogP contribution is 2.15. The van der Waals surface area contributed by atoms with Crippen molar-refractivity contribution in [2.75, 3.05) is 13.6 Å². The fourth-order valence-electron chi connectivity index (χ4n) is 2.59. The van der Waals surface area contributed by atoms with Crippen LogP contribution in [0.2, 0.25) is 0 Å². The molecule has 2 rings (SSSR count). The standard InChI is InChI=1S/C17H28N6O.HI/c1-5-15-14(16(6-2)24-22-15)11-20-17(18-4)19-10-13(3)12-23-9-7-8-21-23;/h7-9,13H,5-6,10-12H2,1-4H3,(H2,18,19,20);1H. The van der Waals surface area contributed by atoms with Gasteiger partial charge in [0.05, 0.1) is 5.69 Å². The monoisotopic (exact) mass is 460 g/mol. The van der Waals surface area contributed by atoms with Crippen LogP contribution in [0.3, 0.4) is 0 Å². The lowest BCUT2D eigenvalue weighted by Crippen LogP contribution is -2.39. The van der Waals surface area contributed by atoms with Crippen LogP contribution in [0.5, 0.6) is 0 Å². The minimum atomic E-state index is 0. The zero-order valence-corrected chi connectivity index (χ0v) is 17.8. The predicted molar refractivity (Wildman–Crippen MR) is 110 cm³/mol. The van der Waals surface area contributed by atoms with Gasteiger partial charge in [0.1, 0.15) is 5.76 Å². The molecule has 0 fully saturated rings. The summed E-state index contributed by atoms with van der Waals surface area (Å²) >= 11 is 0. The minimum Gasteiger partial charge on any atom is -0.361 e. The third kappa shape index (κ3) is 6.33. The van der Waals surface area contributed by atoms with Crippen molar-refractivity contribution in [3.8, 4) is 0 Å². The Morgan fingerprint density at radius 1 is 1.32 bits per heavy atom. The Kier molecular flexibility index (Phi) is 9.54. The molecule has 25 heavy (non-hydrogen) atoms. The second-order valence-electron chi connectivity index (χ2n) is 5.88. The molecule has 140 valence electrons. The lowest BCUT2D eigenvalue weighted by Gasteiger charge is -2.16. The summed E-state index contributed by atoms with van der Waals surface area (Å²) in [7, 11) is 1.78. The summed E-state index contributed by atoms with van der Waals surface area (Å²) in [5.74, 6) is 2.17. The van der Waals surface area contributed by atoms with Crippen molar-refractivity contribution in [2.45, 2.75) is 46.7 Å². The van der Waals surface area contributed by atoms with E-state index in [9.17, 15) is 0 Å². The zero-order valence-electron chi connectivity index (χ0n) is 15.5. The van der Waals surface area contributed by atoms with Gasteiger partial charge in [0.2, 0.25) is 0 Å². The molecular weight excluding hydrogens is 431 g/mol. The van der Waals surface area contributed by atoms with Crippen LogP contribution >= 0.6 is 24.0 Å². The van der Waals surface area contributed by atoms with Gasteiger partial charge in [-0.1, -0.05) is 25.9 Å². The summed E-state index contributed by atoms with van der Waals surface area (Å²) < 4.78 is 7.34. The van der Waals surface area contributed by atoms with Crippen molar-refractivity contribution in [2.24, 2.45) is 10.9 Å². The SMILES string of the molecule is CCc1noc(CC)c1CNC(=NC)NCC(C)Cn1cccn1.I. The molecule has 0 bridgehead atoms. The highest BCUT2D eigenvalue weighted by atomic mass is 127. The third-order valence-corrected chi connectivity index (χ3v) is 3.94. The number of aromatic nitrogens is 3. The van der Waals surface area contributed by atoms with Gasteiger partial charge >= 0.3 is 0 Å². The fourth-order valence-corrected chi connectivity index (χ4v) is 2.59. The van der Waals surface area contributed by atoms with Crippen LogP contribution in [-0.4, -0.2) is 34.5 Å². The molecule has 0 radical (unpaired) electrons. The molecule has 0 spiro atoms. The molecular formula is C17H29IN6O. The van der Waals surface area contributed by atoms with E-state index in [4.69, 9.17) is 4.52 Å². The van der Waals surface area contributed by atoms with Crippen molar-refractivity contribution >= 4 is 29.9 Å². The van der Waals surface area contributed by atoms with Crippen molar-refractivity contribution in [1.29, 1.82) is 0 Å². The van der Waals surface area contributed by atoms with E-state index in [-0.39, 0.29) is 24.0 Å². The van der Waals surface area contributed by atoms with E-state index in [1.54, 1.807) is 13.2 Å². The van der Waals surface area contributed by atoms with Gasteiger partial charge in [-0.15, -0.1) is 24.0 Å². The first-order valence-electron chi connectivity index (χ1n) is 8.56. The van der Waals surface area contributed by atoms with Gasteiger partial charge in [-0.2, -0.15) is 5.10 Å². The number of hydrogen-bond donors (Lipinski definition) is 2. The first kappa shape index (κ1) is 21.5. The Morgan fingerprint density at radius 2 is 2.12 bits per heavy atom. The summed E-state index contributed by atoms with van der Waals surface area (Å²) in [5.41, 5.74) is 2.16. The number of hydrogen-bond acceptors (Lipinski definition) is 4. The maximum absolute atomic E-state index is 5.40. The second kappa shape index (κ2) is 11.1. The zero-order chi connectivity index (χ0) is 17.4. The average molecular weight is 460 g/mol. The van der Waals surface area contributed by atoms with Gasteiger partial charge in [-0.25, -0.2) is 0 Å². The van der Waals surface area contributed by atoms with Crippen LogP contribution in [-0.2, 0) is 25.9 Å². The average Bonchev–Trinajstić information content (AvgIpc) is 3.23. The molecule has 1 atom stereocenters. The number of rotatable bonds is 8. The normalized spacial score (nSPS) is 12.6. The number of halogens is 1. The lowest BCUT2D eigenvalue weighted by atomic mass is 10.1. The molecule has 0 aromatic carbocycles. The van der Waals surface area contributed by atoms with Gasteiger partial charge in [0.15, 0.2) is 5.96 Å². The first-order valence-corrected chi connectivity index (χ1v) is 8.56. The molecule has 1 unspecified atom stereocenters. The van der Waals surface area contributed by atoms with Gasteiger partial charge in [0.25, 0.3) is 0 Å². The Bertz CT molecular complexity index is 616. The maximum Gasteiger partial charge on any atom is 0.191 e. The minimum absolute atomic E-state index is 0. The van der Waals surface area contributed by atoms with Crippen molar-refractivity contribution in [3.05, 3.63) is 35.5 Å². The van der Waals surface area contributed by atoms with Crippen LogP contribution < -0.4 is 10.6 Å². The van der Waals surface area contributed by atoms with E-state index < -0.39 is 0 Å². The number of nitrogens with one attached hydrogen (secondary N) is 2. The van der Waals surface area contributed by atoms with Crippen LogP contribution in [0, 0.1) is 5.92 Å². The van der Waals surface area contributed by atoms with Crippen LogP contribution in [0.4, 0.5) is 0 Å². The van der Waals surface area contributed by atoms with Gasteiger partial charge < -0.3 is 15.2 Å². The van der Waals surface area contributed by atoms with Crippen LogP contribution in [0.15, 0.2) is 28.0 Å². The van der Waals surface area contributed by atoms with E-state index in [1.807, 2.05) is 16.9 Å². The summed E-state index contributed by atoms with van der Waals surface area (Å²) in [4.78, 5) is 4.29. The van der Waals surface area contributed by atoms with Crippen molar-refractivity contribution in [3.63, 3.8) is 0 Å². The predicted octanol–water partition coefficient (Wildman–Crippen LogP) is 2.62. The molecule has 2 aromatic heterocycles. The molecule has 0 aliphatic heterocycles. The van der Waals surface area contributed by atoms with Gasteiger partial charge in [0, 0.05) is 51.1 Å². The molecule has 0 aliphatic carbocycles. The van der Waals surface area contributed by atoms with Gasteiger partial charge in [-0.05, 0) is 18.4 Å². The molecule has 0 aliphatic rings. The van der Waals surface area contributed by atoms with E-state index in [0.717, 1.165) is 48.9 Å². The van der Waals surface area contributed by atoms with Crippen LogP contribution in [0.1, 0.15) is 37.8 Å². The summed E-state index contributed by atoms with van der Waals surface area (Å²) in [6, 6.07) is 1.94. The molecule has 0 amide bonds. The van der Waals surface area contributed by atoms with Crippen molar-refractivity contribution in [1.82, 2.24) is 25.6 Å². The molecule has 8 heteroatoms. The van der Waals surface area contributed by atoms with Crippen LogP contribution in [0.25, 0.3) is 0 Å². The number of aliphatic imine (C=N–C) groups is 1. The fraction of sp³-hybridized carbons (Fsp3) is 0.588. The Hall–Kier alpha value is -1.58. The third-order valence-electron chi connectivity index (χ3n) is 3.94. The van der Waals surface area contributed by atoms with Crippen molar-refractivity contribution < 1.29 is 4.52 Å². The highest BCUT2D eigenvalue weighted by molar-refractivity contribution is 14.0. The molecule has 0 saturated heterocycles. The molecule has 2 aromatic rings.